The number of hydrogen-bond acceptors (Lipinski definition) is 5. The molecule has 20 heavy (non-hydrogen) atoms. The molecule has 0 fully saturated rings. The van der Waals surface area contributed by atoms with Crippen molar-refractivity contribution in [1.29, 1.82) is 0 Å². The third-order valence-electron chi connectivity index (χ3n) is 3.55. The number of aryl methyl sites for hydroxylation is 1. The first-order valence-electron chi connectivity index (χ1n) is 6.84. The summed E-state index contributed by atoms with van der Waals surface area (Å²) in [6.45, 7) is 8.53. The van der Waals surface area contributed by atoms with Gasteiger partial charge in [0.1, 0.15) is 5.60 Å². The van der Waals surface area contributed by atoms with E-state index < -0.39 is 5.60 Å². The lowest BCUT2D eigenvalue weighted by atomic mass is 10.0. The highest BCUT2D eigenvalue weighted by molar-refractivity contribution is 5.60. The van der Waals surface area contributed by atoms with Crippen LogP contribution in [0.3, 0.4) is 0 Å². The first kappa shape index (κ1) is 14.5. The average Bonchev–Trinajstić information content (AvgIpc) is 2.92. The summed E-state index contributed by atoms with van der Waals surface area (Å²) in [4.78, 5) is 4.47. The molecule has 0 aliphatic heterocycles. The summed E-state index contributed by atoms with van der Waals surface area (Å²) < 4.78 is 11.1. The third-order valence-corrected chi connectivity index (χ3v) is 3.55. The molecule has 0 aliphatic rings. The molecule has 2 N–H and O–H groups in total. The molecule has 2 aromatic rings. The monoisotopic (exact) mass is 275 g/mol. The molecule has 1 heterocycles. The van der Waals surface area contributed by atoms with Gasteiger partial charge in [0.15, 0.2) is 0 Å². The van der Waals surface area contributed by atoms with Crippen LogP contribution in [-0.2, 0) is 10.3 Å². The van der Waals surface area contributed by atoms with Gasteiger partial charge in [-0.1, -0.05) is 12.1 Å². The summed E-state index contributed by atoms with van der Waals surface area (Å²) in [7, 11) is 0. The first-order valence-corrected chi connectivity index (χ1v) is 6.84. The fraction of sp³-hybridized carbons (Fsp3) is 0.467. The number of rotatable bonds is 5. The molecule has 0 amide bonds. The van der Waals surface area contributed by atoms with Crippen LogP contribution in [0.25, 0.3) is 11.5 Å². The van der Waals surface area contributed by atoms with Crippen LogP contribution in [0, 0.1) is 6.92 Å². The van der Waals surface area contributed by atoms with E-state index in [2.05, 4.69) is 10.1 Å². The summed E-state index contributed by atoms with van der Waals surface area (Å²) in [5.74, 6) is 1.06. The van der Waals surface area contributed by atoms with Crippen LogP contribution in [0.15, 0.2) is 22.7 Å². The minimum atomic E-state index is -0.515. The van der Waals surface area contributed by atoms with Gasteiger partial charge in [-0.2, -0.15) is 4.98 Å². The zero-order valence-corrected chi connectivity index (χ0v) is 12.4. The van der Waals surface area contributed by atoms with Crippen LogP contribution in [0.5, 0.6) is 0 Å². The highest BCUT2D eigenvalue weighted by Gasteiger charge is 2.31. The van der Waals surface area contributed by atoms with Crippen molar-refractivity contribution in [3.05, 3.63) is 29.6 Å². The number of nitrogens with two attached hydrogens (primary N) is 1. The van der Waals surface area contributed by atoms with Gasteiger partial charge in [-0.15, -0.1) is 0 Å². The van der Waals surface area contributed by atoms with Crippen molar-refractivity contribution in [3.8, 4) is 11.5 Å². The Labute approximate surface area is 119 Å². The lowest BCUT2D eigenvalue weighted by Gasteiger charge is -2.23. The molecule has 5 heteroatoms. The van der Waals surface area contributed by atoms with Crippen LogP contribution in [-0.4, -0.2) is 16.7 Å². The number of aromatic nitrogens is 2. The fourth-order valence-corrected chi connectivity index (χ4v) is 2.01. The summed E-state index contributed by atoms with van der Waals surface area (Å²) in [5.41, 5.74) is 7.91. The highest BCUT2D eigenvalue weighted by Crippen LogP contribution is 2.29. The molecule has 0 saturated carbocycles. The molecule has 2 rings (SSSR count). The van der Waals surface area contributed by atoms with E-state index in [4.69, 9.17) is 15.0 Å². The molecule has 0 radical (unpaired) electrons. The van der Waals surface area contributed by atoms with Gasteiger partial charge in [-0.05, 0) is 51.0 Å². The molecule has 5 nitrogen and oxygen atoms in total. The quantitative estimate of drug-likeness (QED) is 0.847. The zero-order valence-electron chi connectivity index (χ0n) is 12.4. The summed E-state index contributed by atoms with van der Waals surface area (Å²) >= 11 is 0. The summed E-state index contributed by atoms with van der Waals surface area (Å²) in [6.07, 6.45) is 0.778. The lowest BCUT2D eigenvalue weighted by Crippen LogP contribution is -2.26. The van der Waals surface area contributed by atoms with Gasteiger partial charge in [0.2, 0.25) is 5.82 Å². The van der Waals surface area contributed by atoms with Gasteiger partial charge in [0.05, 0.1) is 0 Å². The van der Waals surface area contributed by atoms with E-state index in [-0.39, 0.29) is 0 Å². The number of benzene rings is 1. The van der Waals surface area contributed by atoms with Crippen molar-refractivity contribution in [3.63, 3.8) is 0 Å². The van der Waals surface area contributed by atoms with Crippen molar-refractivity contribution >= 4 is 5.69 Å². The van der Waals surface area contributed by atoms with Gasteiger partial charge >= 0.3 is 0 Å². The Bertz CT molecular complexity index is 595. The maximum absolute atomic E-state index is 5.82. The molecule has 1 aromatic carbocycles. The number of ether oxygens (including phenoxy) is 1. The van der Waals surface area contributed by atoms with Gasteiger partial charge in [-0.3, -0.25) is 0 Å². The van der Waals surface area contributed by atoms with Gasteiger partial charge in [0.25, 0.3) is 5.89 Å². The molecule has 1 unspecified atom stereocenters. The Kier molecular flexibility index (Phi) is 4.09. The molecular formula is C15H21N3O2. The predicted octanol–water partition coefficient (Wildman–Crippen LogP) is 3.29. The minimum Gasteiger partial charge on any atom is -0.399 e. The van der Waals surface area contributed by atoms with E-state index in [0.717, 1.165) is 23.2 Å². The second kappa shape index (κ2) is 5.63. The summed E-state index contributed by atoms with van der Waals surface area (Å²) in [6, 6.07) is 5.66. The van der Waals surface area contributed by atoms with E-state index in [1.54, 1.807) is 0 Å². The molecule has 0 saturated heterocycles. The second-order valence-corrected chi connectivity index (χ2v) is 5.01. The van der Waals surface area contributed by atoms with Crippen molar-refractivity contribution in [2.24, 2.45) is 0 Å². The van der Waals surface area contributed by atoms with Crippen molar-refractivity contribution in [2.75, 3.05) is 12.3 Å². The topological polar surface area (TPSA) is 74.2 Å². The third kappa shape index (κ3) is 2.67. The SMILES string of the molecule is CCOC(C)(CC)c1noc(-c2ccc(N)c(C)c2)n1. The lowest BCUT2D eigenvalue weighted by molar-refractivity contribution is -0.0403. The molecule has 0 bridgehead atoms. The highest BCUT2D eigenvalue weighted by atomic mass is 16.5. The second-order valence-electron chi connectivity index (χ2n) is 5.01. The van der Waals surface area contributed by atoms with Crippen molar-refractivity contribution in [1.82, 2.24) is 10.1 Å². The van der Waals surface area contributed by atoms with E-state index >= 15 is 0 Å². The van der Waals surface area contributed by atoms with E-state index in [1.807, 2.05) is 45.9 Å². The number of nitrogens with zero attached hydrogens (tertiary/aromatic N) is 2. The molecular weight excluding hydrogens is 254 g/mol. The standard InChI is InChI=1S/C15H21N3O2/c1-5-15(4,19-6-2)14-17-13(20-18-14)11-7-8-12(16)10(3)9-11/h7-9H,5-6,16H2,1-4H3. The number of nitrogen functional groups attached to an aromatic ring is 1. The van der Waals surface area contributed by atoms with Crippen LogP contribution in [0.1, 0.15) is 38.6 Å². The van der Waals surface area contributed by atoms with Gasteiger partial charge in [-0.25, -0.2) is 0 Å². The van der Waals surface area contributed by atoms with E-state index in [1.165, 1.54) is 0 Å². The largest absolute Gasteiger partial charge is 0.399 e. The first-order chi connectivity index (χ1) is 9.50. The van der Waals surface area contributed by atoms with E-state index in [9.17, 15) is 0 Å². The normalized spacial score (nSPS) is 14.2. The maximum atomic E-state index is 5.82. The van der Waals surface area contributed by atoms with E-state index in [0.29, 0.717) is 18.3 Å². The average molecular weight is 275 g/mol. The van der Waals surface area contributed by atoms with Crippen molar-refractivity contribution in [2.45, 2.75) is 39.7 Å². The molecule has 1 atom stereocenters. The fourth-order valence-electron chi connectivity index (χ4n) is 2.01. The molecule has 108 valence electrons. The Morgan fingerprint density at radius 3 is 2.70 bits per heavy atom. The molecule has 0 spiro atoms. The predicted molar refractivity (Wildman–Crippen MR) is 78.2 cm³/mol. The molecule has 0 aliphatic carbocycles. The van der Waals surface area contributed by atoms with Gasteiger partial charge < -0.3 is 15.0 Å². The van der Waals surface area contributed by atoms with Crippen LogP contribution >= 0.6 is 0 Å². The Hall–Kier alpha value is -1.88. The summed E-state index contributed by atoms with van der Waals surface area (Å²) in [5, 5.41) is 4.06. The van der Waals surface area contributed by atoms with Crippen LogP contribution in [0.2, 0.25) is 0 Å². The van der Waals surface area contributed by atoms with Crippen LogP contribution in [0.4, 0.5) is 5.69 Å². The molecule has 1 aromatic heterocycles. The number of hydrogen-bond donors (Lipinski definition) is 1. The Morgan fingerprint density at radius 1 is 1.35 bits per heavy atom. The maximum Gasteiger partial charge on any atom is 0.258 e. The van der Waals surface area contributed by atoms with Gasteiger partial charge in [0, 0.05) is 17.9 Å². The number of anilines is 1. The Morgan fingerprint density at radius 2 is 2.10 bits per heavy atom. The Balaban J connectivity index is 2.34. The smallest absolute Gasteiger partial charge is 0.258 e. The van der Waals surface area contributed by atoms with Crippen molar-refractivity contribution < 1.29 is 9.26 Å². The zero-order chi connectivity index (χ0) is 14.8. The van der Waals surface area contributed by atoms with Crippen LogP contribution < -0.4 is 5.73 Å². The minimum absolute atomic E-state index is 0.488.